The summed E-state index contributed by atoms with van der Waals surface area (Å²) in [5, 5.41) is 5.52. The van der Waals surface area contributed by atoms with Gasteiger partial charge in [0.2, 0.25) is 5.91 Å². The molecule has 0 saturated carbocycles. The van der Waals surface area contributed by atoms with Crippen molar-refractivity contribution in [2.75, 3.05) is 0 Å². The van der Waals surface area contributed by atoms with Crippen molar-refractivity contribution in [1.82, 2.24) is 10.3 Å². The predicted octanol–water partition coefficient (Wildman–Crippen LogP) is 1.97. The van der Waals surface area contributed by atoms with Gasteiger partial charge in [-0.3, -0.25) is 4.79 Å². The summed E-state index contributed by atoms with van der Waals surface area (Å²) in [7, 11) is 0. The van der Waals surface area contributed by atoms with Gasteiger partial charge in [0, 0.05) is 11.4 Å². The van der Waals surface area contributed by atoms with E-state index in [1.807, 2.05) is 19.2 Å². The number of aromatic nitrogens is 1. The standard InChI is InChI=1S/C8H11BrN2OS/c1-5(2)10-7(12)3-8-11-6(9)4-13-8/h4-5H,3H2,1-2H3,(H,10,12). The summed E-state index contributed by atoms with van der Waals surface area (Å²) in [6.07, 6.45) is 0.369. The van der Waals surface area contributed by atoms with Crippen LogP contribution < -0.4 is 5.32 Å². The summed E-state index contributed by atoms with van der Waals surface area (Å²) in [6.45, 7) is 3.88. The number of rotatable bonds is 3. The second-order valence-electron chi connectivity index (χ2n) is 2.96. The number of nitrogens with one attached hydrogen (secondary N) is 1. The van der Waals surface area contributed by atoms with Gasteiger partial charge >= 0.3 is 0 Å². The highest BCUT2D eigenvalue weighted by molar-refractivity contribution is 9.10. The van der Waals surface area contributed by atoms with E-state index in [-0.39, 0.29) is 11.9 Å². The third-order valence-corrected chi connectivity index (χ3v) is 2.84. The average molecular weight is 263 g/mol. The molecule has 3 nitrogen and oxygen atoms in total. The number of thiazole rings is 1. The van der Waals surface area contributed by atoms with Crippen molar-refractivity contribution in [3.63, 3.8) is 0 Å². The zero-order valence-corrected chi connectivity index (χ0v) is 9.91. The fourth-order valence-electron chi connectivity index (χ4n) is 0.880. The molecule has 0 radical (unpaired) electrons. The van der Waals surface area contributed by atoms with Crippen LogP contribution in [0, 0.1) is 0 Å². The Morgan fingerprint density at radius 2 is 2.46 bits per heavy atom. The second kappa shape index (κ2) is 4.72. The van der Waals surface area contributed by atoms with Gasteiger partial charge in [0.25, 0.3) is 0 Å². The highest BCUT2D eigenvalue weighted by atomic mass is 79.9. The van der Waals surface area contributed by atoms with E-state index in [0.29, 0.717) is 6.42 Å². The first kappa shape index (κ1) is 10.7. The van der Waals surface area contributed by atoms with Crippen molar-refractivity contribution >= 4 is 33.2 Å². The van der Waals surface area contributed by atoms with E-state index in [0.717, 1.165) is 9.61 Å². The summed E-state index contributed by atoms with van der Waals surface area (Å²) < 4.78 is 0.796. The molecular formula is C8H11BrN2OS. The number of hydrogen-bond donors (Lipinski definition) is 1. The van der Waals surface area contributed by atoms with Crippen LogP contribution in [0.4, 0.5) is 0 Å². The van der Waals surface area contributed by atoms with Gasteiger partial charge in [0.1, 0.15) is 9.61 Å². The smallest absolute Gasteiger partial charge is 0.227 e. The maximum atomic E-state index is 11.3. The van der Waals surface area contributed by atoms with Crippen LogP contribution >= 0.6 is 27.3 Å². The average Bonchev–Trinajstić information content (AvgIpc) is 2.33. The fourth-order valence-corrected chi connectivity index (χ4v) is 2.14. The molecule has 0 atom stereocenters. The normalized spacial score (nSPS) is 10.5. The van der Waals surface area contributed by atoms with Crippen LogP contribution in [0.2, 0.25) is 0 Å². The van der Waals surface area contributed by atoms with Crippen LogP contribution in [-0.2, 0) is 11.2 Å². The van der Waals surface area contributed by atoms with E-state index in [1.54, 1.807) is 0 Å². The highest BCUT2D eigenvalue weighted by Gasteiger charge is 2.07. The molecule has 5 heteroatoms. The molecule has 13 heavy (non-hydrogen) atoms. The number of nitrogens with zero attached hydrogens (tertiary/aromatic N) is 1. The van der Waals surface area contributed by atoms with Crippen molar-refractivity contribution in [2.24, 2.45) is 0 Å². The van der Waals surface area contributed by atoms with Crippen LogP contribution in [0.25, 0.3) is 0 Å². The minimum atomic E-state index is 0.0249. The summed E-state index contributed by atoms with van der Waals surface area (Å²) in [4.78, 5) is 15.4. The third kappa shape index (κ3) is 3.87. The Kier molecular flexibility index (Phi) is 3.87. The predicted molar refractivity (Wildman–Crippen MR) is 56.8 cm³/mol. The van der Waals surface area contributed by atoms with Gasteiger partial charge in [-0.15, -0.1) is 11.3 Å². The SMILES string of the molecule is CC(C)NC(=O)Cc1nc(Br)cs1. The molecule has 0 bridgehead atoms. The molecule has 0 aliphatic carbocycles. The number of amides is 1. The quantitative estimate of drug-likeness (QED) is 0.905. The maximum Gasteiger partial charge on any atom is 0.227 e. The lowest BCUT2D eigenvalue weighted by atomic mass is 10.3. The molecule has 0 aromatic carbocycles. The molecule has 1 amide bonds. The van der Waals surface area contributed by atoms with Crippen LogP contribution in [0.5, 0.6) is 0 Å². The van der Waals surface area contributed by atoms with Crippen LogP contribution in [0.1, 0.15) is 18.9 Å². The minimum Gasteiger partial charge on any atom is -0.354 e. The topological polar surface area (TPSA) is 42.0 Å². The van der Waals surface area contributed by atoms with Crippen LogP contribution in [-0.4, -0.2) is 16.9 Å². The molecule has 0 aliphatic rings. The van der Waals surface area contributed by atoms with Crippen molar-refractivity contribution in [1.29, 1.82) is 0 Å². The highest BCUT2D eigenvalue weighted by Crippen LogP contribution is 2.14. The van der Waals surface area contributed by atoms with E-state index in [2.05, 4.69) is 26.2 Å². The van der Waals surface area contributed by atoms with Gasteiger partial charge in [0.15, 0.2) is 0 Å². The van der Waals surface area contributed by atoms with Gasteiger partial charge in [0.05, 0.1) is 6.42 Å². The Morgan fingerprint density at radius 1 is 1.77 bits per heavy atom. The van der Waals surface area contributed by atoms with Crippen molar-refractivity contribution in [3.8, 4) is 0 Å². The molecule has 1 aromatic rings. The molecular weight excluding hydrogens is 252 g/mol. The first-order valence-corrected chi connectivity index (χ1v) is 5.64. The van der Waals surface area contributed by atoms with E-state index < -0.39 is 0 Å². The van der Waals surface area contributed by atoms with Crippen LogP contribution in [0.15, 0.2) is 9.98 Å². The third-order valence-electron chi connectivity index (χ3n) is 1.29. The van der Waals surface area contributed by atoms with Gasteiger partial charge in [-0.1, -0.05) is 0 Å². The molecule has 0 saturated heterocycles. The van der Waals surface area contributed by atoms with E-state index >= 15 is 0 Å². The number of hydrogen-bond acceptors (Lipinski definition) is 3. The van der Waals surface area contributed by atoms with Crippen LogP contribution in [0.3, 0.4) is 0 Å². The van der Waals surface area contributed by atoms with Crippen molar-refractivity contribution < 1.29 is 4.79 Å². The number of carbonyl (C=O) groups is 1. The number of carbonyl (C=O) groups excluding carboxylic acids is 1. The molecule has 1 aromatic heterocycles. The fraction of sp³-hybridized carbons (Fsp3) is 0.500. The Bertz CT molecular complexity index is 298. The molecule has 0 aliphatic heterocycles. The Balaban J connectivity index is 2.45. The first-order valence-electron chi connectivity index (χ1n) is 3.97. The lowest BCUT2D eigenvalue weighted by Gasteiger charge is -2.05. The minimum absolute atomic E-state index is 0.0249. The molecule has 1 N–H and O–H groups in total. The van der Waals surface area contributed by atoms with Crippen molar-refractivity contribution in [3.05, 3.63) is 15.0 Å². The van der Waals surface area contributed by atoms with E-state index in [4.69, 9.17) is 0 Å². The van der Waals surface area contributed by atoms with Gasteiger partial charge in [-0.05, 0) is 29.8 Å². The number of halogens is 1. The Labute approximate surface area is 89.7 Å². The summed E-state index contributed by atoms with van der Waals surface area (Å²) in [5.74, 6) is 0.0249. The van der Waals surface area contributed by atoms with E-state index in [1.165, 1.54) is 11.3 Å². The molecule has 1 heterocycles. The maximum absolute atomic E-state index is 11.3. The largest absolute Gasteiger partial charge is 0.354 e. The molecule has 0 spiro atoms. The Morgan fingerprint density at radius 3 is 2.92 bits per heavy atom. The van der Waals surface area contributed by atoms with Crippen molar-refractivity contribution in [2.45, 2.75) is 26.3 Å². The van der Waals surface area contributed by atoms with E-state index in [9.17, 15) is 4.79 Å². The molecule has 0 fully saturated rings. The molecule has 1 rings (SSSR count). The lowest BCUT2D eigenvalue weighted by Crippen LogP contribution is -2.31. The molecule has 72 valence electrons. The summed E-state index contributed by atoms with van der Waals surface area (Å²) in [5.41, 5.74) is 0. The zero-order valence-electron chi connectivity index (χ0n) is 7.50. The van der Waals surface area contributed by atoms with Gasteiger partial charge in [-0.25, -0.2) is 4.98 Å². The van der Waals surface area contributed by atoms with Gasteiger partial charge in [-0.2, -0.15) is 0 Å². The lowest BCUT2D eigenvalue weighted by molar-refractivity contribution is -0.120. The first-order chi connectivity index (χ1) is 6.08. The monoisotopic (exact) mass is 262 g/mol. The van der Waals surface area contributed by atoms with Gasteiger partial charge < -0.3 is 5.32 Å². The molecule has 0 unspecified atom stereocenters. The second-order valence-corrected chi connectivity index (χ2v) is 4.72. The summed E-state index contributed by atoms with van der Waals surface area (Å²) in [6, 6.07) is 0.191. The zero-order chi connectivity index (χ0) is 9.84. The Hall–Kier alpha value is -0.420. The summed E-state index contributed by atoms with van der Waals surface area (Å²) >= 11 is 4.73.